The minimum Gasteiger partial charge on any atom is -0.385 e. The highest BCUT2D eigenvalue weighted by atomic mass is 16.5. The number of amides is 1. The maximum absolute atomic E-state index is 12.0. The lowest BCUT2D eigenvalue weighted by atomic mass is 10.3. The van der Waals surface area contributed by atoms with E-state index in [1.807, 2.05) is 18.5 Å². The van der Waals surface area contributed by atoms with Gasteiger partial charge in [-0.25, -0.2) is 4.99 Å². The fraction of sp³-hybridized carbons (Fsp3) is 0.789. The minimum atomic E-state index is 0.0322. The van der Waals surface area contributed by atoms with Crippen molar-refractivity contribution in [1.82, 2.24) is 35.2 Å². The lowest BCUT2D eigenvalue weighted by molar-refractivity contribution is -0.122. The second kappa shape index (κ2) is 13.1. The molecule has 2 heterocycles. The van der Waals surface area contributed by atoms with Crippen molar-refractivity contribution in [1.29, 1.82) is 0 Å². The van der Waals surface area contributed by atoms with E-state index in [1.165, 1.54) is 0 Å². The highest BCUT2D eigenvalue weighted by Crippen LogP contribution is 2.05. The summed E-state index contributed by atoms with van der Waals surface area (Å²) in [5.74, 6) is 2.59. The predicted octanol–water partition coefficient (Wildman–Crippen LogP) is -1.01. The lowest BCUT2D eigenvalue weighted by Crippen LogP contribution is -2.54. The zero-order valence-electron chi connectivity index (χ0n) is 18.7. The van der Waals surface area contributed by atoms with E-state index in [9.17, 15) is 4.79 Å². The first-order valence-electron chi connectivity index (χ1n) is 10.4. The number of ether oxygens (including phenoxy) is 2. The third-order valence-corrected chi connectivity index (χ3v) is 5.03. The van der Waals surface area contributed by atoms with E-state index in [2.05, 4.69) is 30.6 Å². The van der Waals surface area contributed by atoms with Crippen LogP contribution in [0.2, 0.25) is 0 Å². The molecule has 2 rings (SSSR count). The summed E-state index contributed by atoms with van der Waals surface area (Å²) < 4.78 is 12.0. The Morgan fingerprint density at radius 2 is 1.80 bits per heavy atom. The number of methoxy groups -OCH3 is 2. The number of aliphatic imine (C=N–C) groups is 1. The Morgan fingerprint density at radius 1 is 1.07 bits per heavy atom. The van der Waals surface area contributed by atoms with Gasteiger partial charge in [-0.15, -0.1) is 10.2 Å². The Morgan fingerprint density at radius 3 is 2.43 bits per heavy atom. The van der Waals surface area contributed by atoms with Gasteiger partial charge in [-0.05, 0) is 13.3 Å². The number of rotatable bonds is 11. The number of aromatic nitrogens is 3. The van der Waals surface area contributed by atoms with Crippen LogP contribution in [0.5, 0.6) is 0 Å². The minimum absolute atomic E-state index is 0.0322. The number of piperazine rings is 1. The molecule has 11 heteroatoms. The van der Waals surface area contributed by atoms with Gasteiger partial charge in [0.2, 0.25) is 5.91 Å². The molecule has 1 fully saturated rings. The molecule has 0 aliphatic carbocycles. The average molecular weight is 425 g/mol. The summed E-state index contributed by atoms with van der Waals surface area (Å²) >= 11 is 0. The van der Waals surface area contributed by atoms with Crippen LogP contribution in [0.3, 0.4) is 0 Å². The zero-order chi connectivity index (χ0) is 21.8. The van der Waals surface area contributed by atoms with Gasteiger partial charge in [-0.1, -0.05) is 0 Å². The number of nitrogens with zero attached hydrogens (tertiary/aromatic N) is 6. The first-order valence-corrected chi connectivity index (χ1v) is 10.4. The molecule has 0 aromatic carbocycles. The highest BCUT2D eigenvalue weighted by molar-refractivity contribution is 5.80. The van der Waals surface area contributed by atoms with Gasteiger partial charge in [0.15, 0.2) is 11.8 Å². The summed E-state index contributed by atoms with van der Waals surface area (Å²) in [5, 5.41) is 14.6. The highest BCUT2D eigenvalue weighted by Gasteiger charge is 2.21. The monoisotopic (exact) mass is 424 g/mol. The van der Waals surface area contributed by atoms with Gasteiger partial charge in [-0.2, -0.15) is 0 Å². The molecule has 0 atom stereocenters. The molecule has 1 saturated heterocycles. The van der Waals surface area contributed by atoms with Crippen molar-refractivity contribution in [2.45, 2.75) is 19.9 Å². The molecule has 1 amide bonds. The fourth-order valence-electron chi connectivity index (χ4n) is 3.09. The Bertz CT molecular complexity index is 671. The summed E-state index contributed by atoms with van der Waals surface area (Å²) in [6.07, 6.45) is 0.903. The van der Waals surface area contributed by atoms with Gasteiger partial charge >= 0.3 is 0 Å². The normalized spacial score (nSPS) is 15.5. The molecule has 0 saturated carbocycles. The van der Waals surface area contributed by atoms with Crippen molar-refractivity contribution >= 4 is 11.9 Å². The van der Waals surface area contributed by atoms with E-state index >= 15 is 0 Å². The SMILES string of the molecule is COCCCNC(=NCc1nnc(C)n1C)N1CCN(CC(=O)NCCOC)CC1. The molecular weight excluding hydrogens is 388 g/mol. The molecule has 170 valence electrons. The molecule has 11 nitrogen and oxygen atoms in total. The Kier molecular flexibility index (Phi) is 10.5. The van der Waals surface area contributed by atoms with E-state index in [-0.39, 0.29) is 5.91 Å². The quantitative estimate of drug-likeness (QED) is 0.264. The van der Waals surface area contributed by atoms with Crippen molar-refractivity contribution in [3.8, 4) is 0 Å². The molecule has 1 aliphatic heterocycles. The summed E-state index contributed by atoms with van der Waals surface area (Å²) in [4.78, 5) is 21.2. The largest absolute Gasteiger partial charge is 0.385 e. The summed E-state index contributed by atoms with van der Waals surface area (Å²) in [5.41, 5.74) is 0. The molecule has 0 spiro atoms. The van der Waals surface area contributed by atoms with Gasteiger partial charge in [-0.3, -0.25) is 9.69 Å². The second-order valence-corrected chi connectivity index (χ2v) is 7.24. The van der Waals surface area contributed by atoms with Crippen LogP contribution < -0.4 is 10.6 Å². The van der Waals surface area contributed by atoms with Crippen molar-refractivity contribution in [2.75, 3.05) is 73.2 Å². The third-order valence-electron chi connectivity index (χ3n) is 5.03. The van der Waals surface area contributed by atoms with Crippen molar-refractivity contribution in [3.05, 3.63) is 11.6 Å². The summed E-state index contributed by atoms with van der Waals surface area (Å²) in [6.45, 7) is 8.57. The number of aryl methyl sites for hydroxylation is 1. The molecule has 2 N–H and O–H groups in total. The average Bonchev–Trinajstić information content (AvgIpc) is 3.06. The number of hydrogen-bond donors (Lipinski definition) is 2. The number of carbonyl (C=O) groups excluding carboxylic acids is 1. The number of hydrogen-bond acceptors (Lipinski definition) is 7. The molecule has 1 aromatic rings. The Hall–Kier alpha value is -2.24. The van der Waals surface area contributed by atoms with Crippen LogP contribution in [0.25, 0.3) is 0 Å². The van der Waals surface area contributed by atoms with Crippen LogP contribution in [0, 0.1) is 6.92 Å². The second-order valence-electron chi connectivity index (χ2n) is 7.24. The number of guanidine groups is 1. The van der Waals surface area contributed by atoms with Gasteiger partial charge in [0.1, 0.15) is 12.4 Å². The number of nitrogens with one attached hydrogen (secondary N) is 2. The van der Waals surface area contributed by atoms with E-state index < -0.39 is 0 Å². The van der Waals surface area contributed by atoms with Crippen LogP contribution in [-0.4, -0.2) is 110 Å². The molecule has 0 unspecified atom stereocenters. The summed E-state index contributed by atoms with van der Waals surface area (Å²) in [6, 6.07) is 0. The standard InChI is InChI=1S/C19H36N8O3/c1-16-23-24-17(25(16)2)14-22-19(21-6-5-12-29-3)27-10-8-26(9-11-27)15-18(28)20-7-13-30-4/h5-15H2,1-4H3,(H,20,28)(H,21,22). The first-order chi connectivity index (χ1) is 14.5. The molecule has 1 aromatic heterocycles. The molecule has 0 radical (unpaired) electrons. The van der Waals surface area contributed by atoms with Crippen LogP contribution in [0.4, 0.5) is 0 Å². The van der Waals surface area contributed by atoms with Gasteiger partial charge in [0.05, 0.1) is 13.2 Å². The van der Waals surface area contributed by atoms with Crippen LogP contribution in [-0.2, 0) is 27.9 Å². The molecule has 0 bridgehead atoms. The van der Waals surface area contributed by atoms with Crippen LogP contribution >= 0.6 is 0 Å². The van der Waals surface area contributed by atoms with Gasteiger partial charge < -0.3 is 29.6 Å². The topological polar surface area (TPSA) is 109 Å². The Balaban J connectivity index is 1.88. The Labute approximate surface area is 178 Å². The smallest absolute Gasteiger partial charge is 0.234 e. The van der Waals surface area contributed by atoms with Crippen molar-refractivity contribution in [2.24, 2.45) is 12.0 Å². The third kappa shape index (κ3) is 7.88. The van der Waals surface area contributed by atoms with Gasteiger partial charge in [0, 0.05) is 67.1 Å². The fourth-order valence-corrected chi connectivity index (χ4v) is 3.09. The van der Waals surface area contributed by atoms with E-state index in [0.717, 1.165) is 56.8 Å². The van der Waals surface area contributed by atoms with Crippen LogP contribution in [0.1, 0.15) is 18.1 Å². The van der Waals surface area contributed by atoms with Crippen molar-refractivity contribution in [3.63, 3.8) is 0 Å². The summed E-state index contributed by atoms with van der Waals surface area (Å²) in [7, 11) is 5.28. The predicted molar refractivity (Wildman–Crippen MR) is 114 cm³/mol. The molecular formula is C19H36N8O3. The van der Waals surface area contributed by atoms with E-state index in [1.54, 1.807) is 14.2 Å². The number of carbonyl (C=O) groups is 1. The first kappa shape index (κ1) is 24.0. The molecule has 30 heavy (non-hydrogen) atoms. The zero-order valence-corrected chi connectivity index (χ0v) is 18.7. The van der Waals surface area contributed by atoms with E-state index in [0.29, 0.717) is 32.8 Å². The maximum atomic E-state index is 12.0. The van der Waals surface area contributed by atoms with Crippen molar-refractivity contribution < 1.29 is 14.3 Å². The van der Waals surface area contributed by atoms with Gasteiger partial charge in [0.25, 0.3) is 0 Å². The maximum Gasteiger partial charge on any atom is 0.234 e. The molecule has 1 aliphatic rings. The van der Waals surface area contributed by atoms with Crippen LogP contribution in [0.15, 0.2) is 4.99 Å². The van der Waals surface area contributed by atoms with E-state index in [4.69, 9.17) is 14.5 Å². The lowest BCUT2D eigenvalue weighted by Gasteiger charge is -2.36.